The van der Waals surface area contributed by atoms with Gasteiger partial charge in [-0.25, -0.2) is 0 Å². The normalized spacial score (nSPS) is 9.67. The Morgan fingerprint density at radius 2 is 0.667 bits per heavy atom. The van der Waals surface area contributed by atoms with E-state index in [1.165, 1.54) is 0 Å². The summed E-state index contributed by atoms with van der Waals surface area (Å²) in [6.07, 6.45) is 0. The average molecular weight is 436 g/mol. The maximum Gasteiger partial charge on any atom is 2.00 e. The predicted molar refractivity (Wildman–Crippen MR) is 26.7 cm³/mol. The molecule has 72 valence electrons. The molecule has 0 aromatic heterocycles. The van der Waals surface area contributed by atoms with Gasteiger partial charge in [-0.05, 0) is 0 Å². The van der Waals surface area contributed by atoms with Gasteiger partial charge in [0, 0.05) is 20.8 Å². The van der Waals surface area contributed by atoms with E-state index in [0.717, 1.165) is 0 Å². The van der Waals surface area contributed by atoms with Gasteiger partial charge in [-0.1, -0.05) is 0 Å². The van der Waals surface area contributed by atoms with Crippen molar-refractivity contribution in [2.24, 2.45) is 0 Å². The van der Waals surface area contributed by atoms with E-state index in [2.05, 4.69) is 0 Å². The molecule has 8 nitrogen and oxygen atoms in total. The van der Waals surface area contributed by atoms with Gasteiger partial charge in [0.2, 0.25) is 0 Å². The van der Waals surface area contributed by atoms with E-state index in [1.54, 1.807) is 0 Å². The van der Waals surface area contributed by atoms with E-state index in [-0.39, 0.29) is 69.3 Å². The first-order chi connectivity index (χ1) is 4.00. The molecular weight excluding hydrogens is 436 g/mol. The summed E-state index contributed by atoms with van der Waals surface area (Å²) in [5, 5.41) is 0. The molecule has 0 fully saturated rings. The largest absolute Gasteiger partial charge is 2.00 e. The Kier molecular flexibility index (Phi) is 18.8. The van der Waals surface area contributed by atoms with E-state index in [1.807, 2.05) is 0 Å². The van der Waals surface area contributed by atoms with Crippen LogP contribution in [0.4, 0.5) is 0 Å². The molecule has 0 heterocycles. The molecule has 0 saturated carbocycles. The van der Waals surface area contributed by atoms with Crippen molar-refractivity contribution in [3.05, 3.63) is 0 Å². The molecular formula is BaO8PdS2. The maximum absolute atomic E-state index is 8.52. The summed E-state index contributed by atoms with van der Waals surface area (Å²) in [7, 11) is -10.3. The number of rotatable bonds is 0. The second-order valence-corrected chi connectivity index (χ2v) is 2.45. The molecule has 0 aromatic rings. The van der Waals surface area contributed by atoms with Crippen LogP contribution in [0, 0.1) is 0 Å². The molecule has 0 bridgehead atoms. The van der Waals surface area contributed by atoms with Crippen LogP contribution in [0.25, 0.3) is 0 Å². The molecule has 0 aromatic carbocycles. The van der Waals surface area contributed by atoms with Crippen molar-refractivity contribution in [3.8, 4) is 0 Å². The van der Waals surface area contributed by atoms with Crippen LogP contribution in [0.2, 0.25) is 0 Å². The zero-order valence-corrected chi connectivity index (χ0v) is 12.7. The van der Waals surface area contributed by atoms with Crippen LogP contribution in [-0.4, -0.2) is 83.9 Å². The topological polar surface area (TPSA) is 161 Å². The fraction of sp³-hybridized carbons (Fsp3) is 0. The minimum atomic E-state index is -5.17. The zero-order chi connectivity index (χ0) is 9.00. The van der Waals surface area contributed by atoms with Crippen LogP contribution in [0.3, 0.4) is 0 Å². The molecule has 0 rings (SSSR count). The van der Waals surface area contributed by atoms with Crippen molar-refractivity contribution in [2.75, 3.05) is 0 Å². The Morgan fingerprint density at radius 1 is 0.667 bits per heavy atom. The van der Waals surface area contributed by atoms with Crippen LogP contribution in [0.1, 0.15) is 0 Å². The van der Waals surface area contributed by atoms with E-state index in [9.17, 15) is 0 Å². The molecule has 0 aliphatic rings. The van der Waals surface area contributed by atoms with Crippen LogP contribution in [0.5, 0.6) is 0 Å². The van der Waals surface area contributed by atoms with Gasteiger partial charge in [0.25, 0.3) is 0 Å². The van der Waals surface area contributed by atoms with E-state index >= 15 is 0 Å². The molecule has 0 spiro atoms. The van der Waals surface area contributed by atoms with Gasteiger partial charge in [-0.3, -0.25) is 16.8 Å². The zero-order valence-electron chi connectivity index (χ0n) is 5.11. The summed E-state index contributed by atoms with van der Waals surface area (Å²) in [5.74, 6) is 0. The maximum atomic E-state index is 8.52. The van der Waals surface area contributed by atoms with Gasteiger partial charge in [0.1, 0.15) is 0 Å². The van der Waals surface area contributed by atoms with Crippen molar-refractivity contribution in [1.29, 1.82) is 0 Å². The van der Waals surface area contributed by atoms with E-state index in [4.69, 9.17) is 35.0 Å². The van der Waals surface area contributed by atoms with Crippen molar-refractivity contribution in [1.82, 2.24) is 0 Å². The standard InChI is InChI=1S/Ba.2H2O4S.Pd/c;2*1-5(2,3)4;/h;2*(H2,1,2,3,4);/q+2;;;+2/p-4. The Hall–Kier alpha value is 1.97. The fourth-order valence-electron chi connectivity index (χ4n) is 0. The van der Waals surface area contributed by atoms with Crippen LogP contribution in [-0.2, 0) is 41.2 Å². The van der Waals surface area contributed by atoms with Crippen molar-refractivity contribution in [3.63, 3.8) is 0 Å². The smallest absolute Gasteiger partial charge is 0.759 e. The van der Waals surface area contributed by atoms with Crippen LogP contribution < -0.4 is 0 Å². The third kappa shape index (κ3) is 370. The molecule has 0 N–H and O–H groups in total. The summed E-state index contributed by atoms with van der Waals surface area (Å²) in [5.41, 5.74) is 0. The van der Waals surface area contributed by atoms with Gasteiger partial charge in [-0.15, -0.1) is 0 Å². The molecule has 0 radical (unpaired) electrons. The minimum Gasteiger partial charge on any atom is -0.759 e. The first kappa shape index (κ1) is 23.6. The van der Waals surface area contributed by atoms with Crippen molar-refractivity contribution in [2.45, 2.75) is 0 Å². The Labute approximate surface area is 123 Å². The number of hydrogen-bond acceptors (Lipinski definition) is 8. The molecule has 12 heavy (non-hydrogen) atoms. The molecule has 0 aliphatic carbocycles. The monoisotopic (exact) mass is 436 g/mol. The SMILES string of the molecule is O=S(=O)([O-])[O-].O=S(=O)([O-])[O-].[Ba+2].[Pd+2]. The summed E-state index contributed by atoms with van der Waals surface area (Å²) in [6, 6.07) is 0. The quantitative estimate of drug-likeness (QED) is 0.220. The first-order valence-corrected chi connectivity index (χ1v) is 4.00. The molecule has 0 atom stereocenters. The summed E-state index contributed by atoms with van der Waals surface area (Å²) >= 11 is 0. The summed E-state index contributed by atoms with van der Waals surface area (Å²) in [6.45, 7) is 0. The van der Waals surface area contributed by atoms with Gasteiger partial charge < -0.3 is 18.2 Å². The Morgan fingerprint density at radius 3 is 0.667 bits per heavy atom. The second kappa shape index (κ2) is 9.53. The molecule has 0 amide bonds. The van der Waals surface area contributed by atoms with Gasteiger partial charge >= 0.3 is 69.3 Å². The van der Waals surface area contributed by atoms with Gasteiger partial charge in [0.15, 0.2) is 0 Å². The molecule has 0 aliphatic heterocycles. The van der Waals surface area contributed by atoms with E-state index < -0.39 is 20.8 Å². The number of hydrogen-bond donors (Lipinski definition) is 0. The minimum absolute atomic E-state index is 0. The van der Waals surface area contributed by atoms with Crippen LogP contribution in [0.15, 0.2) is 0 Å². The molecule has 12 heteroatoms. The third-order valence-electron chi connectivity index (χ3n) is 0. The average Bonchev–Trinajstić information content (AvgIpc) is 1.12. The molecule has 0 unspecified atom stereocenters. The third-order valence-corrected chi connectivity index (χ3v) is 0. The molecule has 0 saturated heterocycles. The summed E-state index contributed by atoms with van der Waals surface area (Å²) < 4.78 is 68.2. The van der Waals surface area contributed by atoms with Crippen molar-refractivity contribution < 1.29 is 55.5 Å². The van der Waals surface area contributed by atoms with Crippen LogP contribution >= 0.6 is 0 Å². The van der Waals surface area contributed by atoms with E-state index in [0.29, 0.717) is 0 Å². The predicted octanol–water partition coefficient (Wildman–Crippen LogP) is -3.06. The fourth-order valence-corrected chi connectivity index (χ4v) is 0. The first-order valence-electron chi connectivity index (χ1n) is 1.33. The van der Waals surface area contributed by atoms with Gasteiger partial charge in [0.05, 0.1) is 0 Å². The Balaban J connectivity index is -0.0000000457. The van der Waals surface area contributed by atoms with Crippen molar-refractivity contribution >= 4 is 69.7 Å². The Bertz CT molecular complexity index is 213. The second-order valence-electron chi connectivity index (χ2n) is 0.816. The van der Waals surface area contributed by atoms with Gasteiger partial charge in [-0.2, -0.15) is 0 Å². The summed E-state index contributed by atoms with van der Waals surface area (Å²) in [4.78, 5) is 0.